The molecule has 2 amide bonds. The predicted molar refractivity (Wildman–Crippen MR) is 101 cm³/mol. The number of nitro benzene ring substituents is 1. The number of nitro groups is 1. The summed E-state index contributed by atoms with van der Waals surface area (Å²) in [5, 5.41) is 16.7. The lowest BCUT2D eigenvalue weighted by Crippen LogP contribution is -2.15. The van der Waals surface area contributed by atoms with Gasteiger partial charge in [-0.25, -0.2) is 0 Å². The molecule has 1 aliphatic carbocycles. The summed E-state index contributed by atoms with van der Waals surface area (Å²) in [6.45, 7) is 0. The first-order chi connectivity index (χ1) is 12.5. The van der Waals surface area contributed by atoms with Gasteiger partial charge in [-0.2, -0.15) is 0 Å². The third-order valence-electron chi connectivity index (χ3n) is 3.98. The van der Waals surface area contributed by atoms with Crippen molar-refractivity contribution in [2.75, 3.05) is 16.9 Å². The van der Waals surface area contributed by atoms with Crippen LogP contribution in [0.4, 0.5) is 17.1 Å². The number of amides is 2. The highest BCUT2D eigenvalue weighted by molar-refractivity contribution is 7.98. The molecule has 2 aromatic carbocycles. The quantitative estimate of drug-likeness (QED) is 0.455. The minimum absolute atomic E-state index is 0.00531. The van der Waals surface area contributed by atoms with Gasteiger partial charge in [0.1, 0.15) is 5.56 Å². The second-order valence-corrected chi connectivity index (χ2v) is 6.82. The molecule has 0 atom stereocenters. The first-order valence-electron chi connectivity index (χ1n) is 8.02. The maximum absolute atomic E-state index is 12.5. The van der Waals surface area contributed by atoms with Gasteiger partial charge in [0.15, 0.2) is 0 Å². The van der Waals surface area contributed by atoms with E-state index in [1.54, 1.807) is 30.3 Å². The molecule has 2 aromatic rings. The number of anilines is 2. The van der Waals surface area contributed by atoms with Crippen LogP contribution >= 0.6 is 11.8 Å². The van der Waals surface area contributed by atoms with E-state index in [0.717, 1.165) is 17.7 Å². The number of rotatable bonds is 6. The maximum Gasteiger partial charge on any atom is 0.282 e. The number of carbonyl (C=O) groups is 2. The van der Waals surface area contributed by atoms with Crippen LogP contribution in [0.3, 0.4) is 0 Å². The Morgan fingerprint density at radius 3 is 2.42 bits per heavy atom. The second-order valence-electron chi connectivity index (χ2n) is 5.94. The van der Waals surface area contributed by atoms with Gasteiger partial charge >= 0.3 is 0 Å². The fraction of sp³-hybridized carbons (Fsp3) is 0.222. The number of nitrogens with zero attached hydrogens (tertiary/aromatic N) is 1. The van der Waals surface area contributed by atoms with Gasteiger partial charge in [0, 0.05) is 28.3 Å². The van der Waals surface area contributed by atoms with Crippen LogP contribution in [0.1, 0.15) is 23.2 Å². The topological polar surface area (TPSA) is 101 Å². The summed E-state index contributed by atoms with van der Waals surface area (Å²) in [5.41, 5.74) is 0.771. The van der Waals surface area contributed by atoms with Crippen LogP contribution in [0.2, 0.25) is 0 Å². The molecule has 0 saturated heterocycles. The second kappa shape index (κ2) is 7.57. The summed E-state index contributed by atoms with van der Waals surface area (Å²) >= 11 is 1.39. The van der Waals surface area contributed by atoms with Gasteiger partial charge in [-0.3, -0.25) is 19.7 Å². The van der Waals surface area contributed by atoms with E-state index in [2.05, 4.69) is 10.6 Å². The van der Waals surface area contributed by atoms with Gasteiger partial charge in [-0.15, -0.1) is 11.8 Å². The Morgan fingerprint density at radius 1 is 1.12 bits per heavy atom. The molecule has 3 rings (SSSR count). The molecule has 0 aliphatic heterocycles. The summed E-state index contributed by atoms with van der Waals surface area (Å²) in [5.74, 6) is -0.528. The molecule has 7 nitrogen and oxygen atoms in total. The van der Waals surface area contributed by atoms with Crippen molar-refractivity contribution in [3.05, 3.63) is 58.1 Å². The van der Waals surface area contributed by atoms with Gasteiger partial charge in [0.05, 0.1) is 4.92 Å². The van der Waals surface area contributed by atoms with E-state index in [1.165, 1.54) is 23.9 Å². The Balaban J connectivity index is 1.79. The van der Waals surface area contributed by atoms with Gasteiger partial charge in [-0.1, -0.05) is 6.07 Å². The molecule has 2 N–H and O–H groups in total. The van der Waals surface area contributed by atoms with Crippen LogP contribution < -0.4 is 10.6 Å². The summed E-state index contributed by atoms with van der Waals surface area (Å²) in [4.78, 5) is 35.8. The lowest BCUT2D eigenvalue weighted by atomic mass is 10.1. The highest BCUT2D eigenvalue weighted by atomic mass is 32.2. The zero-order valence-corrected chi connectivity index (χ0v) is 14.8. The Labute approximate surface area is 154 Å². The van der Waals surface area contributed by atoms with E-state index < -0.39 is 10.8 Å². The summed E-state index contributed by atoms with van der Waals surface area (Å²) < 4.78 is 0. The fourth-order valence-electron chi connectivity index (χ4n) is 2.45. The number of hydrogen-bond acceptors (Lipinski definition) is 5. The summed E-state index contributed by atoms with van der Waals surface area (Å²) in [6.07, 6.45) is 3.63. The molecular weight excluding hydrogens is 354 g/mol. The average Bonchev–Trinajstić information content (AvgIpc) is 3.46. The molecule has 0 heterocycles. The molecule has 26 heavy (non-hydrogen) atoms. The lowest BCUT2D eigenvalue weighted by molar-refractivity contribution is -0.385. The smallest absolute Gasteiger partial charge is 0.282 e. The van der Waals surface area contributed by atoms with Crippen molar-refractivity contribution < 1.29 is 14.5 Å². The van der Waals surface area contributed by atoms with Crippen LogP contribution in [-0.2, 0) is 4.79 Å². The molecule has 0 radical (unpaired) electrons. The van der Waals surface area contributed by atoms with Gasteiger partial charge < -0.3 is 10.6 Å². The number of nitrogens with one attached hydrogen (secondary N) is 2. The minimum Gasteiger partial charge on any atom is -0.326 e. The van der Waals surface area contributed by atoms with Crippen molar-refractivity contribution in [2.45, 2.75) is 17.7 Å². The van der Waals surface area contributed by atoms with Crippen molar-refractivity contribution in [1.82, 2.24) is 0 Å². The van der Waals surface area contributed by atoms with Gasteiger partial charge in [0.2, 0.25) is 5.91 Å². The maximum atomic E-state index is 12.5. The van der Waals surface area contributed by atoms with Crippen molar-refractivity contribution >= 4 is 40.6 Å². The zero-order valence-electron chi connectivity index (χ0n) is 14.0. The Morgan fingerprint density at radius 2 is 1.81 bits per heavy atom. The number of carbonyl (C=O) groups excluding carboxylic acids is 2. The average molecular weight is 371 g/mol. The number of hydrogen-bond donors (Lipinski definition) is 2. The molecule has 0 unspecified atom stereocenters. The van der Waals surface area contributed by atoms with Gasteiger partial charge in [-0.05, 0) is 49.4 Å². The first-order valence-corrected chi connectivity index (χ1v) is 9.25. The van der Waals surface area contributed by atoms with Gasteiger partial charge in [0.25, 0.3) is 11.6 Å². The van der Waals surface area contributed by atoms with Crippen LogP contribution in [0.25, 0.3) is 0 Å². The Bertz CT molecular complexity index is 880. The first kappa shape index (κ1) is 17.9. The van der Waals surface area contributed by atoms with E-state index in [-0.39, 0.29) is 23.1 Å². The Kier molecular flexibility index (Phi) is 5.22. The van der Waals surface area contributed by atoms with Crippen LogP contribution in [0.15, 0.2) is 47.4 Å². The standard InChI is InChI=1S/C18H17N3O4S/c1-26-14-7-8-16(21(24)25)15(10-14)18(23)20-13-4-2-3-12(9-13)19-17(22)11-5-6-11/h2-4,7-11H,5-6H2,1H3,(H,19,22)(H,20,23). The SMILES string of the molecule is CSc1ccc([N+](=O)[O-])c(C(=O)Nc2cccc(NC(=O)C3CC3)c2)c1. The molecular formula is C18H17N3O4S. The van der Waals surface area contributed by atoms with Crippen molar-refractivity contribution in [2.24, 2.45) is 5.92 Å². The third kappa shape index (κ3) is 4.20. The van der Waals surface area contributed by atoms with Crippen LogP contribution in [0, 0.1) is 16.0 Å². The van der Waals surface area contributed by atoms with E-state index in [0.29, 0.717) is 11.4 Å². The van der Waals surface area contributed by atoms with Crippen molar-refractivity contribution in [3.8, 4) is 0 Å². The lowest BCUT2D eigenvalue weighted by Gasteiger charge is -2.09. The fourth-order valence-corrected chi connectivity index (χ4v) is 2.89. The van der Waals surface area contributed by atoms with E-state index >= 15 is 0 Å². The van der Waals surface area contributed by atoms with Crippen LogP contribution in [-0.4, -0.2) is 23.0 Å². The highest BCUT2D eigenvalue weighted by Crippen LogP contribution is 2.30. The molecule has 0 aromatic heterocycles. The molecule has 1 fully saturated rings. The number of benzene rings is 2. The molecule has 1 aliphatic rings. The molecule has 0 bridgehead atoms. The van der Waals surface area contributed by atoms with E-state index in [9.17, 15) is 19.7 Å². The monoisotopic (exact) mass is 371 g/mol. The Hall–Kier alpha value is -2.87. The van der Waals surface area contributed by atoms with Crippen molar-refractivity contribution in [1.29, 1.82) is 0 Å². The predicted octanol–water partition coefficient (Wildman–Crippen LogP) is 3.92. The highest BCUT2D eigenvalue weighted by Gasteiger charge is 2.29. The largest absolute Gasteiger partial charge is 0.326 e. The molecule has 8 heteroatoms. The summed E-state index contributed by atoms with van der Waals surface area (Å²) in [6, 6.07) is 11.1. The molecule has 134 valence electrons. The van der Waals surface area contributed by atoms with E-state index in [1.807, 2.05) is 6.26 Å². The number of thioether (sulfide) groups is 1. The zero-order chi connectivity index (χ0) is 18.7. The van der Waals surface area contributed by atoms with Crippen LogP contribution in [0.5, 0.6) is 0 Å². The molecule has 0 spiro atoms. The normalized spacial score (nSPS) is 13.1. The third-order valence-corrected chi connectivity index (χ3v) is 4.71. The van der Waals surface area contributed by atoms with E-state index in [4.69, 9.17) is 0 Å². The summed E-state index contributed by atoms with van der Waals surface area (Å²) in [7, 11) is 0. The molecule has 1 saturated carbocycles. The van der Waals surface area contributed by atoms with Crippen molar-refractivity contribution in [3.63, 3.8) is 0 Å². The minimum atomic E-state index is -0.578.